The molecule has 17 heteroatoms. The third-order valence-corrected chi connectivity index (χ3v) is 0. The summed E-state index contributed by atoms with van der Waals surface area (Å²) in [4.78, 5) is 21.6. The highest BCUT2D eigenvalue weighted by molar-refractivity contribution is 7.45. The molecule has 0 spiro atoms. The van der Waals surface area contributed by atoms with Crippen LogP contribution in [0.5, 0.6) is 0 Å². The maximum atomic E-state index is 8.88. The summed E-state index contributed by atoms with van der Waals surface area (Å²) in [6.45, 7) is 0. The Hall–Kier alpha value is -0.370. The molecule has 0 saturated heterocycles. The Bertz CT molecular complexity index is 51.7. The molecule has 0 saturated carbocycles. The maximum Gasteiger partial charge on any atom is 0.466 e. The average molecular weight is 314 g/mol. The summed E-state index contributed by atoms with van der Waals surface area (Å²) in [5.41, 5.74) is 0. The van der Waals surface area contributed by atoms with Crippen LogP contribution in [0.4, 0.5) is 0 Å². The van der Waals surface area contributed by atoms with Crippen molar-refractivity contribution < 1.29 is 85.0 Å². The fourth-order valence-corrected chi connectivity index (χ4v) is 0. The topological polar surface area (TPSA) is 456 Å². The lowest BCUT2D eigenvalue weighted by atomic mass is 15.8. The van der Waals surface area contributed by atoms with Crippen molar-refractivity contribution in [1.82, 2.24) is 0 Å². The number of hydrogen-bond acceptors (Lipinski definition) is 1. The molecule has 0 fully saturated rings. The molecule has 16 nitrogen and oxygen atoms in total. The minimum atomic E-state index is -4.64. The van der Waals surface area contributed by atoms with E-state index in [0.29, 0.717) is 0 Å². The van der Waals surface area contributed by atoms with Crippen molar-refractivity contribution in [3.8, 4) is 0 Å². The standard InChI is InChI=1S/H3O4P.12H2O/c1-5(2,3)4;;;;;;;;;;;;/h(H3,1,2,3,4);12*1H2. The van der Waals surface area contributed by atoms with Crippen LogP contribution in [0.2, 0.25) is 0 Å². The van der Waals surface area contributed by atoms with Gasteiger partial charge in [0.15, 0.2) is 0 Å². The zero-order chi connectivity index (χ0) is 4.50. The first-order valence-corrected chi connectivity index (χ1v) is 2.35. The molecule has 0 atom stereocenters. The highest BCUT2D eigenvalue weighted by Crippen LogP contribution is 2.25. The molecule has 0 heterocycles. The van der Waals surface area contributed by atoms with E-state index in [0.717, 1.165) is 0 Å². The second-order valence-electron chi connectivity index (χ2n) is 0.513. The molecule has 0 aliphatic carbocycles. The van der Waals surface area contributed by atoms with Crippen molar-refractivity contribution in [2.24, 2.45) is 0 Å². The van der Waals surface area contributed by atoms with Gasteiger partial charge < -0.3 is 80.4 Å². The zero-order valence-electron chi connectivity index (χ0n) is 8.20. The van der Waals surface area contributed by atoms with Gasteiger partial charge in [-0.2, -0.15) is 0 Å². The van der Waals surface area contributed by atoms with Crippen LogP contribution < -0.4 is 0 Å². The fraction of sp³-hybridized carbons (Fsp3) is 0. The lowest BCUT2D eigenvalue weighted by Gasteiger charge is -1.82. The first-order chi connectivity index (χ1) is 2.00. The Kier molecular flexibility index (Phi) is 1910. The number of phosphoric acid groups is 1. The Morgan fingerprint density at radius 3 is 0.412 bits per heavy atom. The highest BCUT2D eigenvalue weighted by Gasteiger charge is 2.00. The predicted octanol–water partition coefficient (Wildman–Crippen LogP) is -10.8. The summed E-state index contributed by atoms with van der Waals surface area (Å²) in [5, 5.41) is 0. The monoisotopic (exact) mass is 314 g/mol. The lowest BCUT2D eigenvalue weighted by Crippen LogP contribution is -1.66. The smallest absolute Gasteiger partial charge is 0.412 e. The average Bonchev–Trinajstić information content (AvgIpc) is 0.722. The fourth-order valence-electron chi connectivity index (χ4n) is 0. The molecule has 128 valence electrons. The van der Waals surface area contributed by atoms with E-state index in [-0.39, 0.29) is 65.7 Å². The molecule has 0 aliphatic heterocycles. The lowest BCUT2D eigenvalue weighted by molar-refractivity contribution is 0.275. The van der Waals surface area contributed by atoms with Crippen molar-refractivity contribution in [2.45, 2.75) is 0 Å². The van der Waals surface area contributed by atoms with Crippen LogP contribution in [0.25, 0.3) is 0 Å². The molecule has 0 aromatic heterocycles. The van der Waals surface area contributed by atoms with Gasteiger partial charge in [-0.1, -0.05) is 0 Å². The van der Waals surface area contributed by atoms with Crippen LogP contribution in [-0.2, 0) is 4.57 Å². The van der Waals surface area contributed by atoms with Crippen molar-refractivity contribution in [3.63, 3.8) is 0 Å². The first-order valence-electron chi connectivity index (χ1n) is 0.783. The summed E-state index contributed by atoms with van der Waals surface area (Å²) in [6.07, 6.45) is 0. The minimum absolute atomic E-state index is 0. The second kappa shape index (κ2) is 106. The van der Waals surface area contributed by atoms with Crippen LogP contribution in [0, 0.1) is 0 Å². The molecule has 0 aliphatic rings. The van der Waals surface area contributed by atoms with Crippen LogP contribution in [-0.4, -0.2) is 80.4 Å². The molecule has 0 aromatic rings. The molecule has 0 bridgehead atoms. The molecular formula is H27O16P. The Morgan fingerprint density at radius 2 is 0.412 bits per heavy atom. The zero-order valence-corrected chi connectivity index (χ0v) is 9.09. The molecule has 27 N–H and O–H groups in total. The Labute approximate surface area is 94.1 Å². The largest absolute Gasteiger partial charge is 0.466 e. The molecule has 0 amide bonds. The Balaban J connectivity index is -0.00000000121. The van der Waals surface area contributed by atoms with Gasteiger partial charge in [-0.05, 0) is 0 Å². The molecule has 0 aromatic carbocycles. The van der Waals surface area contributed by atoms with Crippen LogP contribution >= 0.6 is 7.82 Å². The summed E-state index contributed by atoms with van der Waals surface area (Å²) in [7, 11) is -4.64. The molecule has 0 rings (SSSR count). The number of hydrogen-bond donors (Lipinski definition) is 3. The highest BCUT2D eigenvalue weighted by atomic mass is 31.2. The van der Waals surface area contributed by atoms with E-state index in [2.05, 4.69) is 0 Å². The third kappa shape index (κ3) is 21200. The van der Waals surface area contributed by atoms with Crippen LogP contribution in [0.3, 0.4) is 0 Å². The van der Waals surface area contributed by atoms with Gasteiger partial charge in [0.25, 0.3) is 0 Å². The van der Waals surface area contributed by atoms with Gasteiger partial charge >= 0.3 is 7.82 Å². The van der Waals surface area contributed by atoms with Gasteiger partial charge in [0.2, 0.25) is 0 Å². The summed E-state index contributed by atoms with van der Waals surface area (Å²) < 4.78 is 8.88. The van der Waals surface area contributed by atoms with Crippen LogP contribution in [0.15, 0.2) is 0 Å². The van der Waals surface area contributed by atoms with Gasteiger partial charge in [-0.25, -0.2) is 4.57 Å². The van der Waals surface area contributed by atoms with Crippen molar-refractivity contribution in [1.29, 1.82) is 0 Å². The van der Waals surface area contributed by atoms with E-state index in [9.17, 15) is 0 Å². The second-order valence-corrected chi connectivity index (χ2v) is 1.54. The molecule has 0 radical (unpaired) electrons. The van der Waals surface area contributed by atoms with Crippen molar-refractivity contribution in [2.75, 3.05) is 0 Å². The van der Waals surface area contributed by atoms with E-state index in [1.807, 2.05) is 0 Å². The van der Waals surface area contributed by atoms with E-state index in [1.54, 1.807) is 0 Å². The predicted molar refractivity (Wildman–Crippen MR) is 57.6 cm³/mol. The van der Waals surface area contributed by atoms with Gasteiger partial charge in [-0.3, -0.25) is 0 Å². The molecule has 17 heavy (non-hydrogen) atoms. The van der Waals surface area contributed by atoms with Gasteiger partial charge in [0.1, 0.15) is 0 Å². The summed E-state index contributed by atoms with van der Waals surface area (Å²) >= 11 is 0. The Morgan fingerprint density at radius 1 is 0.412 bits per heavy atom. The minimum Gasteiger partial charge on any atom is -0.412 e. The van der Waals surface area contributed by atoms with E-state index < -0.39 is 7.82 Å². The summed E-state index contributed by atoms with van der Waals surface area (Å²) in [6, 6.07) is 0. The van der Waals surface area contributed by atoms with Crippen molar-refractivity contribution >= 4 is 7.82 Å². The summed E-state index contributed by atoms with van der Waals surface area (Å²) in [5.74, 6) is 0. The maximum absolute atomic E-state index is 8.88. The quantitative estimate of drug-likeness (QED) is 0.366. The van der Waals surface area contributed by atoms with Gasteiger partial charge in [-0.15, -0.1) is 0 Å². The normalized spacial score (nSPS) is 3.47. The van der Waals surface area contributed by atoms with E-state index in [1.165, 1.54) is 0 Å². The SMILES string of the molecule is O.O.O.O.O.O.O.O.O.O.O.O.O=P(O)(O)O. The number of rotatable bonds is 0. The first kappa shape index (κ1) is 308. The van der Waals surface area contributed by atoms with E-state index in [4.69, 9.17) is 19.2 Å². The van der Waals surface area contributed by atoms with Crippen LogP contribution in [0.1, 0.15) is 0 Å². The van der Waals surface area contributed by atoms with Crippen molar-refractivity contribution in [3.05, 3.63) is 0 Å². The third-order valence-electron chi connectivity index (χ3n) is 0. The van der Waals surface area contributed by atoms with E-state index >= 15 is 0 Å². The van der Waals surface area contributed by atoms with Gasteiger partial charge in [0, 0.05) is 0 Å². The van der Waals surface area contributed by atoms with Gasteiger partial charge in [0.05, 0.1) is 0 Å². The molecular weight excluding hydrogens is 287 g/mol. The molecule has 0 unspecified atom stereocenters.